The molecule has 2 rings (SSSR count). The molecule has 1 aromatic carbocycles. The molecule has 0 aliphatic carbocycles. The highest BCUT2D eigenvalue weighted by molar-refractivity contribution is 9.10. The minimum Gasteiger partial charge on any atom is -0.484 e. The van der Waals surface area contributed by atoms with Crippen LogP contribution in [0, 0.1) is 0 Å². The normalized spacial score (nSPS) is 11.3. The van der Waals surface area contributed by atoms with Gasteiger partial charge in [-0.15, -0.1) is 0 Å². The van der Waals surface area contributed by atoms with Crippen molar-refractivity contribution in [2.75, 3.05) is 6.61 Å². The highest BCUT2D eigenvalue weighted by Crippen LogP contribution is 2.30. The Balaban J connectivity index is 2.08. The van der Waals surface area contributed by atoms with Crippen molar-refractivity contribution in [1.82, 2.24) is 4.98 Å². The molecule has 1 aromatic heterocycles. The van der Waals surface area contributed by atoms with E-state index in [1.165, 1.54) is 12.1 Å². The second-order valence-corrected chi connectivity index (χ2v) is 4.40. The number of benzene rings is 1. The first-order valence-electron chi connectivity index (χ1n) is 5.26. The van der Waals surface area contributed by atoms with Crippen molar-refractivity contribution >= 4 is 15.9 Å². The minimum absolute atomic E-state index is 0.0648. The summed E-state index contributed by atoms with van der Waals surface area (Å²) in [7, 11) is 0. The molecule has 18 heavy (non-hydrogen) atoms. The van der Waals surface area contributed by atoms with Gasteiger partial charge in [0.05, 0.1) is 0 Å². The maximum atomic E-state index is 13.8. The van der Waals surface area contributed by atoms with Crippen molar-refractivity contribution < 1.29 is 13.5 Å². The molecule has 94 valence electrons. The van der Waals surface area contributed by atoms with Crippen LogP contribution in [0.4, 0.5) is 8.78 Å². The van der Waals surface area contributed by atoms with Gasteiger partial charge in [-0.3, -0.25) is 0 Å². The quantitative estimate of drug-likeness (QED) is 0.795. The second-order valence-electron chi connectivity index (χ2n) is 3.65. The van der Waals surface area contributed by atoms with E-state index in [1.807, 2.05) is 0 Å². The highest BCUT2D eigenvalue weighted by atomic mass is 79.9. The van der Waals surface area contributed by atoms with Crippen molar-refractivity contribution in [2.24, 2.45) is 0 Å². The number of nitrogens with zero attached hydrogens (tertiary/aromatic N) is 1. The van der Waals surface area contributed by atoms with Crippen LogP contribution in [0.25, 0.3) is 0 Å². The Morgan fingerprint density at radius 2 is 1.83 bits per heavy atom. The topological polar surface area (TPSA) is 22.1 Å². The van der Waals surface area contributed by atoms with E-state index in [1.54, 1.807) is 36.5 Å². The molecule has 2 aromatic rings. The van der Waals surface area contributed by atoms with Gasteiger partial charge in [0.2, 0.25) is 0 Å². The molecule has 0 amide bonds. The van der Waals surface area contributed by atoms with Gasteiger partial charge in [0.25, 0.3) is 0 Å². The summed E-state index contributed by atoms with van der Waals surface area (Å²) >= 11 is 3.14. The molecule has 0 bridgehead atoms. The van der Waals surface area contributed by atoms with Crippen molar-refractivity contribution in [1.29, 1.82) is 0 Å². The number of hydrogen-bond donors (Lipinski definition) is 0. The largest absolute Gasteiger partial charge is 0.484 e. The van der Waals surface area contributed by atoms with E-state index in [9.17, 15) is 8.78 Å². The van der Waals surface area contributed by atoms with Crippen molar-refractivity contribution in [3.8, 4) is 5.75 Å². The van der Waals surface area contributed by atoms with Crippen LogP contribution in [0.1, 0.15) is 5.56 Å². The Bertz CT molecular complexity index is 519. The Kier molecular flexibility index (Phi) is 3.91. The molecule has 0 aliphatic rings. The summed E-state index contributed by atoms with van der Waals surface area (Å²) in [5.41, 5.74) is -0.0648. The summed E-state index contributed by atoms with van der Waals surface area (Å²) in [5, 5.41) is 0. The lowest BCUT2D eigenvalue weighted by atomic mass is 10.1. The molecular weight excluding hydrogens is 304 g/mol. The number of aromatic nitrogens is 1. The summed E-state index contributed by atoms with van der Waals surface area (Å²) in [5.74, 6) is -2.73. The van der Waals surface area contributed by atoms with Crippen LogP contribution in [0.2, 0.25) is 0 Å². The van der Waals surface area contributed by atoms with Gasteiger partial charge in [0.1, 0.15) is 4.60 Å². The molecule has 0 unspecified atom stereocenters. The summed E-state index contributed by atoms with van der Waals surface area (Å²) in [6.45, 7) is -0.721. The van der Waals surface area contributed by atoms with Gasteiger partial charge in [0, 0.05) is 11.8 Å². The molecule has 2 nitrogen and oxygen atoms in total. The summed E-state index contributed by atoms with van der Waals surface area (Å²) in [6, 6.07) is 10.8. The standard InChI is InChI=1S/C13H10BrF2NO/c14-12-11(7-4-8-17-12)18-9-13(15,16)10-5-2-1-3-6-10/h1-8H,9H2. The number of hydrogen-bond acceptors (Lipinski definition) is 2. The molecular formula is C13H10BrF2NO. The second kappa shape index (κ2) is 5.44. The van der Waals surface area contributed by atoms with Gasteiger partial charge in [-0.25, -0.2) is 4.98 Å². The monoisotopic (exact) mass is 313 g/mol. The number of alkyl halides is 2. The van der Waals surface area contributed by atoms with Crippen LogP contribution in [-0.2, 0) is 5.92 Å². The summed E-state index contributed by atoms with van der Waals surface area (Å²) < 4.78 is 33.1. The third-order valence-corrected chi connectivity index (χ3v) is 2.93. The zero-order valence-corrected chi connectivity index (χ0v) is 10.9. The highest BCUT2D eigenvalue weighted by Gasteiger charge is 2.32. The molecule has 0 N–H and O–H groups in total. The molecule has 0 saturated heterocycles. The third kappa shape index (κ3) is 3.04. The molecule has 0 atom stereocenters. The first kappa shape index (κ1) is 13.0. The first-order chi connectivity index (χ1) is 8.59. The third-order valence-electron chi connectivity index (χ3n) is 2.33. The van der Waals surface area contributed by atoms with Gasteiger partial charge in [-0.05, 0) is 28.1 Å². The zero-order chi connectivity index (χ0) is 13.0. The molecule has 0 spiro atoms. The molecule has 0 fully saturated rings. The van der Waals surface area contributed by atoms with Gasteiger partial charge in [0.15, 0.2) is 12.4 Å². The number of pyridine rings is 1. The predicted molar refractivity (Wildman–Crippen MR) is 67.8 cm³/mol. The zero-order valence-electron chi connectivity index (χ0n) is 9.32. The number of halogens is 3. The maximum absolute atomic E-state index is 13.8. The first-order valence-corrected chi connectivity index (χ1v) is 6.05. The predicted octanol–water partition coefficient (Wildman–Crippen LogP) is 4.01. The lowest BCUT2D eigenvalue weighted by molar-refractivity contribution is -0.0470. The molecule has 0 aliphatic heterocycles. The van der Waals surface area contributed by atoms with Crippen LogP contribution < -0.4 is 4.74 Å². The Morgan fingerprint density at radius 1 is 1.11 bits per heavy atom. The van der Waals surface area contributed by atoms with Crippen molar-refractivity contribution in [3.63, 3.8) is 0 Å². The molecule has 1 heterocycles. The van der Waals surface area contributed by atoms with Crippen LogP contribution >= 0.6 is 15.9 Å². The fraction of sp³-hybridized carbons (Fsp3) is 0.154. The number of rotatable bonds is 4. The Morgan fingerprint density at radius 3 is 2.50 bits per heavy atom. The molecule has 0 radical (unpaired) electrons. The van der Waals surface area contributed by atoms with Crippen molar-refractivity contribution in [3.05, 3.63) is 58.8 Å². The van der Waals surface area contributed by atoms with Crippen LogP contribution in [-0.4, -0.2) is 11.6 Å². The van der Waals surface area contributed by atoms with E-state index < -0.39 is 12.5 Å². The van der Waals surface area contributed by atoms with E-state index in [2.05, 4.69) is 20.9 Å². The van der Waals surface area contributed by atoms with Gasteiger partial charge < -0.3 is 4.74 Å². The van der Waals surface area contributed by atoms with Crippen LogP contribution in [0.3, 0.4) is 0 Å². The lowest BCUT2D eigenvalue weighted by Crippen LogP contribution is -2.23. The van der Waals surface area contributed by atoms with Crippen LogP contribution in [0.5, 0.6) is 5.75 Å². The average Bonchev–Trinajstić information content (AvgIpc) is 2.39. The average molecular weight is 314 g/mol. The fourth-order valence-electron chi connectivity index (χ4n) is 1.41. The van der Waals surface area contributed by atoms with E-state index in [0.29, 0.717) is 10.4 Å². The van der Waals surface area contributed by atoms with E-state index in [4.69, 9.17) is 4.74 Å². The molecule has 5 heteroatoms. The van der Waals surface area contributed by atoms with Gasteiger partial charge in [-0.2, -0.15) is 8.78 Å². The summed E-state index contributed by atoms with van der Waals surface area (Å²) in [6.07, 6.45) is 1.55. The Labute approximate surface area is 112 Å². The minimum atomic E-state index is -3.03. The van der Waals surface area contributed by atoms with Crippen LogP contribution in [0.15, 0.2) is 53.3 Å². The fourth-order valence-corrected chi connectivity index (χ4v) is 1.78. The SMILES string of the molecule is FC(F)(COc1cccnc1Br)c1ccccc1. The van der Waals surface area contributed by atoms with Gasteiger partial charge in [-0.1, -0.05) is 30.3 Å². The molecule has 0 saturated carbocycles. The Hall–Kier alpha value is -1.49. The van der Waals surface area contributed by atoms with Gasteiger partial charge >= 0.3 is 5.92 Å². The van der Waals surface area contributed by atoms with E-state index >= 15 is 0 Å². The van der Waals surface area contributed by atoms with E-state index in [0.717, 1.165) is 0 Å². The maximum Gasteiger partial charge on any atom is 0.306 e. The van der Waals surface area contributed by atoms with Crippen molar-refractivity contribution in [2.45, 2.75) is 5.92 Å². The smallest absolute Gasteiger partial charge is 0.306 e. The van der Waals surface area contributed by atoms with E-state index in [-0.39, 0.29) is 5.56 Å². The summed E-state index contributed by atoms with van der Waals surface area (Å²) in [4.78, 5) is 3.90. The lowest BCUT2D eigenvalue weighted by Gasteiger charge is -2.17. The number of ether oxygens (including phenoxy) is 1.